The Hall–Kier alpha value is -0.610. The van der Waals surface area contributed by atoms with Crippen LogP contribution in [0.25, 0.3) is 0 Å². The van der Waals surface area contributed by atoms with Crippen LogP contribution in [0.4, 0.5) is 0 Å². The zero-order valence-electron chi connectivity index (χ0n) is 7.99. The Bertz CT molecular complexity index is 439. The molecule has 2 aliphatic heterocycles. The summed E-state index contributed by atoms with van der Waals surface area (Å²) in [5.74, 6) is 0.527. The second kappa shape index (κ2) is 3.46. The molecule has 2 heterocycles. The number of thioether (sulfide) groups is 1. The van der Waals surface area contributed by atoms with Crippen molar-refractivity contribution in [1.29, 1.82) is 0 Å². The molecule has 3 aliphatic rings. The molecule has 0 bridgehead atoms. The topological polar surface area (TPSA) is 41.8 Å². The van der Waals surface area contributed by atoms with E-state index in [1.165, 1.54) is 12.0 Å². The van der Waals surface area contributed by atoms with E-state index in [1.54, 1.807) is 11.8 Å². The van der Waals surface area contributed by atoms with Crippen molar-refractivity contribution >= 4 is 40.1 Å². The number of rotatable bonds is 1. The van der Waals surface area contributed by atoms with E-state index < -0.39 is 0 Å². The molecule has 0 unspecified atom stereocenters. The van der Waals surface area contributed by atoms with Crippen LogP contribution in [0, 0.1) is 0 Å². The minimum Gasteiger partial charge on any atom is -0.267 e. The van der Waals surface area contributed by atoms with Gasteiger partial charge in [-0.3, -0.25) is 4.79 Å². The van der Waals surface area contributed by atoms with Crippen molar-refractivity contribution in [3.63, 3.8) is 0 Å². The Morgan fingerprint density at radius 3 is 3.13 bits per heavy atom. The lowest BCUT2D eigenvalue weighted by atomic mass is 10.1. The fraction of sp³-hybridized carbons (Fsp3) is 0.500. The molecule has 0 N–H and O–H groups in total. The molecule has 15 heavy (non-hydrogen) atoms. The van der Waals surface area contributed by atoms with Gasteiger partial charge in [-0.1, -0.05) is 11.8 Å². The Morgan fingerprint density at radius 1 is 1.47 bits per heavy atom. The summed E-state index contributed by atoms with van der Waals surface area (Å²) in [4.78, 5) is 20.0. The van der Waals surface area contributed by atoms with Crippen LogP contribution in [0.3, 0.4) is 0 Å². The molecule has 0 aromatic heterocycles. The maximum atomic E-state index is 11.8. The summed E-state index contributed by atoms with van der Waals surface area (Å²) in [6, 6.07) is 0. The molecule has 3 nitrogen and oxygen atoms in total. The summed E-state index contributed by atoms with van der Waals surface area (Å²) in [6.45, 7) is 0. The van der Waals surface area contributed by atoms with E-state index in [-0.39, 0.29) is 11.8 Å². The molecule has 0 spiro atoms. The molecular formula is C10H9ClN2OS. The highest BCUT2D eigenvalue weighted by molar-refractivity contribution is 8.15. The number of halogens is 1. The van der Waals surface area contributed by atoms with Gasteiger partial charge in [0.05, 0.1) is 11.5 Å². The minimum atomic E-state index is -0.137. The van der Waals surface area contributed by atoms with Crippen molar-refractivity contribution in [3.05, 3.63) is 11.1 Å². The average molecular weight is 241 g/mol. The number of nitrogens with zero attached hydrogens (tertiary/aromatic N) is 2. The number of amidine groups is 1. The highest BCUT2D eigenvalue weighted by Gasteiger charge is 2.39. The van der Waals surface area contributed by atoms with Crippen LogP contribution in [-0.2, 0) is 4.79 Å². The molecule has 5 heteroatoms. The third-order valence-corrected chi connectivity index (χ3v) is 4.45. The zero-order valence-corrected chi connectivity index (χ0v) is 9.57. The van der Waals surface area contributed by atoms with Crippen molar-refractivity contribution in [2.45, 2.75) is 24.5 Å². The normalized spacial score (nSPS) is 28.9. The standard InChI is InChI=1S/C10H9ClN2OS/c11-4-7-12-9(14)8-5-2-1-3-6(5)15-10(8)13-7/h6H,1-4H2/t6-/m1/s1. The smallest absolute Gasteiger partial charge is 0.267 e. The molecule has 1 amide bonds. The van der Waals surface area contributed by atoms with E-state index in [2.05, 4.69) is 9.98 Å². The summed E-state index contributed by atoms with van der Waals surface area (Å²) in [5.41, 5.74) is 2.04. The highest BCUT2D eigenvalue weighted by Crippen LogP contribution is 2.45. The molecule has 1 aliphatic carbocycles. The largest absolute Gasteiger partial charge is 0.281 e. The second-order valence-electron chi connectivity index (χ2n) is 3.78. The van der Waals surface area contributed by atoms with Gasteiger partial charge < -0.3 is 0 Å². The van der Waals surface area contributed by atoms with E-state index in [1.807, 2.05) is 0 Å². The fourth-order valence-electron chi connectivity index (χ4n) is 2.25. The molecule has 0 saturated heterocycles. The number of amides is 1. The van der Waals surface area contributed by atoms with E-state index in [4.69, 9.17) is 11.6 Å². The fourth-order valence-corrected chi connectivity index (χ4v) is 3.79. The highest BCUT2D eigenvalue weighted by atomic mass is 35.5. The number of carbonyl (C=O) groups excluding carboxylic acids is 1. The number of fused-ring (bicyclic) bond motifs is 2. The Balaban J connectivity index is 2.08. The van der Waals surface area contributed by atoms with Crippen LogP contribution in [0.15, 0.2) is 21.1 Å². The zero-order chi connectivity index (χ0) is 10.4. The maximum absolute atomic E-state index is 11.8. The van der Waals surface area contributed by atoms with Gasteiger partial charge in [0.1, 0.15) is 10.9 Å². The summed E-state index contributed by atoms with van der Waals surface area (Å²) in [7, 11) is 0. The van der Waals surface area contributed by atoms with E-state index in [9.17, 15) is 4.79 Å². The monoisotopic (exact) mass is 240 g/mol. The predicted octanol–water partition coefficient (Wildman–Crippen LogP) is 2.16. The SMILES string of the molecule is O=C1N=C(CCl)N=C2S[C@@H]3CCCC3=C12. The second-order valence-corrected chi connectivity index (χ2v) is 5.24. The van der Waals surface area contributed by atoms with Crippen molar-refractivity contribution in [3.8, 4) is 0 Å². The lowest BCUT2D eigenvalue weighted by Crippen LogP contribution is -2.17. The first kappa shape index (κ1) is 9.60. The quantitative estimate of drug-likeness (QED) is 0.659. The van der Waals surface area contributed by atoms with Gasteiger partial charge in [0, 0.05) is 5.25 Å². The van der Waals surface area contributed by atoms with Crippen LogP contribution in [0.5, 0.6) is 0 Å². The van der Waals surface area contributed by atoms with Crippen molar-refractivity contribution in [2.75, 3.05) is 5.88 Å². The van der Waals surface area contributed by atoms with Gasteiger partial charge in [-0.25, -0.2) is 4.99 Å². The van der Waals surface area contributed by atoms with Gasteiger partial charge in [-0.15, -0.1) is 11.6 Å². The van der Waals surface area contributed by atoms with Crippen LogP contribution in [-0.4, -0.2) is 27.9 Å². The number of hydrogen-bond donors (Lipinski definition) is 0. The van der Waals surface area contributed by atoms with Gasteiger partial charge in [0.25, 0.3) is 5.91 Å². The Labute approximate surface area is 96.7 Å². The summed E-state index contributed by atoms with van der Waals surface area (Å²) in [5, 5.41) is 1.33. The van der Waals surface area contributed by atoms with Crippen molar-refractivity contribution < 1.29 is 4.79 Å². The minimum absolute atomic E-state index is 0.137. The summed E-state index contributed by atoms with van der Waals surface area (Å²) in [6.07, 6.45) is 3.37. The molecule has 0 radical (unpaired) electrons. The predicted molar refractivity (Wildman–Crippen MR) is 62.9 cm³/mol. The number of alkyl halides is 1. The maximum Gasteiger partial charge on any atom is 0.281 e. The van der Waals surface area contributed by atoms with Crippen LogP contribution in [0.2, 0.25) is 0 Å². The van der Waals surface area contributed by atoms with Gasteiger partial charge in [-0.05, 0) is 24.8 Å². The van der Waals surface area contributed by atoms with E-state index in [0.717, 1.165) is 23.5 Å². The molecule has 0 aromatic rings. The summed E-state index contributed by atoms with van der Waals surface area (Å²) < 4.78 is 0. The van der Waals surface area contributed by atoms with Crippen molar-refractivity contribution in [2.24, 2.45) is 9.98 Å². The third kappa shape index (κ3) is 1.39. The molecule has 1 atom stereocenters. The number of carbonyl (C=O) groups is 1. The lowest BCUT2D eigenvalue weighted by molar-refractivity contribution is -0.113. The van der Waals surface area contributed by atoms with Gasteiger partial charge in [0.2, 0.25) is 0 Å². The van der Waals surface area contributed by atoms with Crippen molar-refractivity contribution in [1.82, 2.24) is 0 Å². The van der Waals surface area contributed by atoms with Gasteiger partial charge in [-0.2, -0.15) is 4.99 Å². The van der Waals surface area contributed by atoms with Gasteiger partial charge in [0.15, 0.2) is 0 Å². The Morgan fingerprint density at radius 2 is 2.33 bits per heavy atom. The third-order valence-electron chi connectivity index (χ3n) is 2.88. The molecule has 1 saturated carbocycles. The molecule has 0 aromatic carbocycles. The molecule has 78 valence electrons. The molecular weight excluding hydrogens is 232 g/mol. The molecule has 3 rings (SSSR count). The van der Waals surface area contributed by atoms with Gasteiger partial charge >= 0.3 is 0 Å². The summed E-state index contributed by atoms with van der Waals surface area (Å²) >= 11 is 7.34. The molecule has 1 fully saturated rings. The number of hydrogen-bond acceptors (Lipinski definition) is 3. The average Bonchev–Trinajstić information content (AvgIpc) is 2.75. The first-order chi connectivity index (χ1) is 7.29. The first-order valence-electron chi connectivity index (χ1n) is 4.96. The Kier molecular flexibility index (Phi) is 2.21. The number of aliphatic imine (C=N–C) groups is 2. The van der Waals surface area contributed by atoms with Crippen LogP contribution >= 0.6 is 23.4 Å². The first-order valence-corrected chi connectivity index (χ1v) is 6.37. The lowest BCUT2D eigenvalue weighted by Gasteiger charge is -2.08. The van der Waals surface area contributed by atoms with Crippen LogP contribution < -0.4 is 0 Å². The van der Waals surface area contributed by atoms with E-state index >= 15 is 0 Å². The van der Waals surface area contributed by atoms with Crippen LogP contribution in [0.1, 0.15) is 19.3 Å². The van der Waals surface area contributed by atoms with E-state index in [0.29, 0.717) is 11.1 Å².